The molecule has 1 saturated carbocycles. The van der Waals surface area contributed by atoms with E-state index in [1.54, 1.807) is 30.6 Å². The number of rotatable bonds is 7. The van der Waals surface area contributed by atoms with Gasteiger partial charge in [-0.15, -0.1) is 17.9 Å². The van der Waals surface area contributed by atoms with Gasteiger partial charge in [0, 0.05) is 52.5 Å². The quantitative estimate of drug-likeness (QED) is 0.385. The van der Waals surface area contributed by atoms with Gasteiger partial charge in [-0.3, -0.25) is 9.69 Å². The highest BCUT2D eigenvalue weighted by Gasteiger charge is 2.58. The van der Waals surface area contributed by atoms with E-state index in [9.17, 15) is 9.90 Å². The normalized spacial score (nSPS) is 27.9. The number of carbonyl (C=O) groups is 1. The largest absolute Gasteiger partial charge is 0.508 e. The van der Waals surface area contributed by atoms with Crippen molar-refractivity contribution in [1.29, 1.82) is 0 Å². The molecule has 3 atom stereocenters. The summed E-state index contributed by atoms with van der Waals surface area (Å²) in [7, 11) is 1.80. The zero-order chi connectivity index (χ0) is 23.5. The molecule has 4 rings (SSSR count). The van der Waals surface area contributed by atoms with Crippen LogP contribution in [0.15, 0.2) is 58.9 Å². The molecule has 2 aliphatic rings. The molecule has 2 aromatic rings. The predicted octanol–water partition coefficient (Wildman–Crippen LogP) is 5.11. The zero-order valence-electron chi connectivity index (χ0n) is 18.9. The molecule has 176 valence electrons. The SMILES string of the molecule is C=CCN1CC[C@@]2(c3cccc(O)c3)C[C@H](NC(=O)/C=C/c3cc(Br)cs3)CC[C@]2(OC)C1. The number of halogens is 1. The van der Waals surface area contributed by atoms with E-state index in [2.05, 4.69) is 38.8 Å². The number of phenols is 1. The molecule has 0 unspecified atom stereocenters. The number of thiophene rings is 1. The van der Waals surface area contributed by atoms with E-state index in [4.69, 9.17) is 4.74 Å². The summed E-state index contributed by atoms with van der Waals surface area (Å²) in [4.78, 5) is 16.2. The molecule has 2 heterocycles. The molecule has 2 N–H and O–H groups in total. The van der Waals surface area contributed by atoms with Crippen LogP contribution in [0.25, 0.3) is 6.08 Å². The number of hydrogen-bond donors (Lipinski definition) is 2. The number of amides is 1. The van der Waals surface area contributed by atoms with Crippen LogP contribution in [0.5, 0.6) is 5.75 Å². The number of hydrogen-bond acceptors (Lipinski definition) is 5. The van der Waals surface area contributed by atoms with Gasteiger partial charge in [0.15, 0.2) is 0 Å². The molecule has 1 amide bonds. The first kappa shape index (κ1) is 24.2. The minimum Gasteiger partial charge on any atom is -0.508 e. The lowest BCUT2D eigenvalue weighted by Gasteiger charge is -2.59. The molecule has 1 aliphatic heterocycles. The summed E-state index contributed by atoms with van der Waals surface area (Å²) >= 11 is 5.04. The van der Waals surface area contributed by atoms with Crippen molar-refractivity contribution in [2.45, 2.75) is 42.7 Å². The summed E-state index contributed by atoms with van der Waals surface area (Å²) in [6.07, 6.45) is 8.75. The number of carbonyl (C=O) groups excluding carboxylic acids is 1. The summed E-state index contributed by atoms with van der Waals surface area (Å²) in [5, 5.41) is 15.5. The van der Waals surface area contributed by atoms with Gasteiger partial charge in [-0.25, -0.2) is 0 Å². The van der Waals surface area contributed by atoms with Crippen molar-refractivity contribution in [2.75, 3.05) is 26.7 Å². The second-order valence-corrected chi connectivity index (χ2v) is 10.9. The van der Waals surface area contributed by atoms with Crippen molar-refractivity contribution < 1.29 is 14.6 Å². The molecule has 1 aromatic heterocycles. The molecule has 0 bridgehead atoms. The lowest BCUT2D eigenvalue weighted by molar-refractivity contribution is -0.148. The molecule has 7 heteroatoms. The van der Waals surface area contributed by atoms with E-state index in [-0.39, 0.29) is 28.7 Å². The zero-order valence-corrected chi connectivity index (χ0v) is 21.3. The van der Waals surface area contributed by atoms with Crippen LogP contribution in [0.4, 0.5) is 0 Å². The van der Waals surface area contributed by atoms with Gasteiger partial charge in [0.05, 0.1) is 5.60 Å². The van der Waals surface area contributed by atoms with Crippen LogP contribution in [-0.2, 0) is 14.9 Å². The third kappa shape index (κ3) is 4.97. The second-order valence-electron chi connectivity index (χ2n) is 9.05. The first-order valence-electron chi connectivity index (χ1n) is 11.3. The Kier molecular flexibility index (Phi) is 7.43. The van der Waals surface area contributed by atoms with Crippen molar-refractivity contribution in [3.63, 3.8) is 0 Å². The Labute approximate surface area is 208 Å². The van der Waals surface area contributed by atoms with E-state index in [0.29, 0.717) is 0 Å². The number of fused-ring (bicyclic) bond motifs is 1. The molecular formula is C26H31BrN2O3S. The summed E-state index contributed by atoms with van der Waals surface area (Å²) in [5.41, 5.74) is 0.402. The summed E-state index contributed by atoms with van der Waals surface area (Å²) in [5.74, 6) is 0.182. The number of nitrogens with zero attached hydrogens (tertiary/aromatic N) is 1. The molecular weight excluding hydrogens is 500 g/mol. The maximum absolute atomic E-state index is 12.7. The van der Waals surface area contributed by atoms with E-state index in [1.165, 1.54) is 0 Å². The third-order valence-corrected chi connectivity index (χ3v) is 8.87. The van der Waals surface area contributed by atoms with Crippen molar-refractivity contribution in [1.82, 2.24) is 10.2 Å². The number of nitrogens with one attached hydrogen (secondary N) is 1. The number of aromatic hydroxyl groups is 1. The lowest BCUT2D eigenvalue weighted by atomic mass is 9.55. The summed E-state index contributed by atoms with van der Waals surface area (Å²) < 4.78 is 7.35. The van der Waals surface area contributed by atoms with Crippen molar-refractivity contribution in [3.8, 4) is 5.75 Å². The average Bonchev–Trinajstić information content (AvgIpc) is 3.23. The molecule has 1 aromatic carbocycles. The number of benzene rings is 1. The molecule has 2 fully saturated rings. The Hall–Kier alpha value is -1.93. The number of phenolic OH excluding ortho intramolecular Hbond substituents is 1. The van der Waals surface area contributed by atoms with E-state index >= 15 is 0 Å². The fourth-order valence-electron chi connectivity index (χ4n) is 5.68. The van der Waals surface area contributed by atoms with Crippen LogP contribution in [0.1, 0.15) is 36.1 Å². The van der Waals surface area contributed by atoms with Crippen LogP contribution in [0.3, 0.4) is 0 Å². The van der Waals surface area contributed by atoms with Gasteiger partial charge in [-0.1, -0.05) is 18.2 Å². The Bertz CT molecular complexity index is 1040. The van der Waals surface area contributed by atoms with Crippen LogP contribution < -0.4 is 5.32 Å². The van der Waals surface area contributed by atoms with Crippen molar-refractivity contribution >= 4 is 39.2 Å². The van der Waals surface area contributed by atoms with Crippen molar-refractivity contribution in [3.05, 3.63) is 69.4 Å². The maximum atomic E-state index is 12.7. The Morgan fingerprint density at radius 3 is 2.97 bits per heavy atom. The summed E-state index contributed by atoms with van der Waals surface area (Å²) in [6, 6.07) is 9.60. The monoisotopic (exact) mass is 530 g/mol. The van der Waals surface area contributed by atoms with Gasteiger partial charge in [0.1, 0.15) is 5.75 Å². The van der Waals surface area contributed by atoms with E-state index in [0.717, 1.165) is 60.2 Å². The molecule has 1 aliphatic carbocycles. The van der Waals surface area contributed by atoms with Crippen LogP contribution >= 0.6 is 27.3 Å². The van der Waals surface area contributed by atoms with Gasteiger partial charge >= 0.3 is 0 Å². The Morgan fingerprint density at radius 1 is 1.42 bits per heavy atom. The Morgan fingerprint density at radius 2 is 2.27 bits per heavy atom. The van der Waals surface area contributed by atoms with Gasteiger partial charge in [0.25, 0.3) is 0 Å². The molecule has 1 saturated heterocycles. The molecule has 5 nitrogen and oxygen atoms in total. The first-order valence-corrected chi connectivity index (χ1v) is 13.0. The molecule has 0 spiro atoms. The van der Waals surface area contributed by atoms with Crippen LogP contribution in [-0.4, -0.2) is 54.3 Å². The van der Waals surface area contributed by atoms with Crippen LogP contribution in [0, 0.1) is 0 Å². The number of ether oxygens (including phenoxy) is 1. The first-order chi connectivity index (χ1) is 15.9. The average molecular weight is 532 g/mol. The number of piperidine rings is 1. The smallest absolute Gasteiger partial charge is 0.244 e. The highest BCUT2D eigenvalue weighted by atomic mass is 79.9. The van der Waals surface area contributed by atoms with Crippen LogP contribution in [0.2, 0.25) is 0 Å². The standard InChI is InChI=1S/C26H31BrN2O3S/c1-3-12-29-13-11-25(19-5-4-6-22(30)14-19)16-21(9-10-26(25,18-29)32-2)28-24(31)8-7-23-15-20(27)17-33-23/h3-8,14-15,17,21,30H,1,9-13,16,18H2,2H3,(H,28,31)/b8-7+/t21-,25+,26+/m1/s1. The van der Waals surface area contributed by atoms with Gasteiger partial charge in [0.2, 0.25) is 5.91 Å². The minimum atomic E-state index is -0.387. The van der Waals surface area contributed by atoms with Gasteiger partial charge in [-0.05, 0) is 78.0 Å². The predicted molar refractivity (Wildman–Crippen MR) is 138 cm³/mol. The number of likely N-dealkylation sites (tertiary alicyclic amines) is 1. The highest BCUT2D eigenvalue weighted by Crippen LogP contribution is 2.53. The third-order valence-electron chi connectivity index (χ3n) is 7.21. The fraction of sp³-hybridized carbons (Fsp3) is 0.423. The maximum Gasteiger partial charge on any atom is 0.244 e. The fourth-order valence-corrected chi connectivity index (χ4v) is 7.02. The topological polar surface area (TPSA) is 61.8 Å². The molecule has 0 radical (unpaired) electrons. The van der Waals surface area contributed by atoms with Gasteiger partial charge < -0.3 is 15.2 Å². The highest BCUT2D eigenvalue weighted by molar-refractivity contribution is 9.10. The Balaban J connectivity index is 1.59. The van der Waals surface area contributed by atoms with E-state index < -0.39 is 0 Å². The number of methoxy groups -OCH3 is 1. The van der Waals surface area contributed by atoms with Gasteiger partial charge in [-0.2, -0.15) is 0 Å². The second kappa shape index (κ2) is 10.1. The lowest BCUT2D eigenvalue weighted by Crippen LogP contribution is -2.67. The van der Waals surface area contributed by atoms with E-state index in [1.807, 2.05) is 35.7 Å². The van der Waals surface area contributed by atoms with Crippen molar-refractivity contribution in [2.24, 2.45) is 0 Å². The molecule has 33 heavy (non-hydrogen) atoms. The minimum absolute atomic E-state index is 0.0359. The summed E-state index contributed by atoms with van der Waals surface area (Å²) in [6.45, 7) is 6.45.